The Balaban J connectivity index is 1.39. The van der Waals surface area contributed by atoms with Crippen LogP contribution in [0.2, 0.25) is 0 Å². The molecule has 0 aliphatic heterocycles. The van der Waals surface area contributed by atoms with Gasteiger partial charge in [0.1, 0.15) is 5.75 Å². The lowest BCUT2D eigenvalue weighted by Crippen LogP contribution is -2.14. The minimum atomic E-state index is 0.656. The summed E-state index contributed by atoms with van der Waals surface area (Å²) in [6.45, 7) is 5.38. The van der Waals surface area contributed by atoms with Crippen molar-refractivity contribution in [3.8, 4) is 16.9 Å². The lowest BCUT2D eigenvalue weighted by molar-refractivity contribution is 0.299. The van der Waals surface area contributed by atoms with Crippen LogP contribution in [0.1, 0.15) is 122 Å². The number of rotatable bonds is 15. The average Bonchev–Trinajstić information content (AvgIpc) is 2.87. The van der Waals surface area contributed by atoms with E-state index >= 15 is 0 Å². The van der Waals surface area contributed by atoms with Gasteiger partial charge in [-0.3, -0.25) is 4.98 Å². The number of unbranched alkanes of at least 4 members (excludes halogenated alkanes) is 8. The number of pyridine rings is 1. The largest absolute Gasteiger partial charge is 0.494 e. The molecule has 0 saturated heterocycles. The number of ether oxygens (including phenoxy) is 1. The lowest BCUT2D eigenvalue weighted by atomic mass is 9.78. The van der Waals surface area contributed by atoms with Gasteiger partial charge in [-0.25, -0.2) is 0 Å². The van der Waals surface area contributed by atoms with Gasteiger partial charge in [0.25, 0.3) is 0 Å². The van der Waals surface area contributed by atoms with E-state index in [2.05, 4.69) is 56.4 Å². The van der Waals surface area contributed by atoms with Gasteiger partial charge in [-0.1, -0.05) is 96.3 Å². The third-order valence-corrected chi connectivity index (χ3v) is 7.47. The van der Waals surface area contributed by atoms with E-state index in [0.717, 1.165) is 24.7 Å². The molecule has 0 spiro atoms. The van der Waals surface area contributed by atoms with E-state index in [1.54, 1.807) is 0 Å². The van der Waals surface area contributed by atoms with Crippen LogP contribution in [-0.2, 0) is 0 Å². The first-order chi connectivity index (χ1) is 16.3. The Morgan fingerprint density at radius 2 is 1.33 bits per heavy atom. The summed E-state index contributed by atoms with van der Waals surface area (Å²) < 4.78 is 5.93. The van der Waals surface area contributed by atoms with Crippen molar-refractivity contribution < 1.29 is 4.74 Å². The Bertz CT molecular complexity index is 743. The fourth-order valence-electron chi connectivity index (χ4n) is 5.24. The van der Waals surface area contributed by atoms with Gasteiger partial charge in [0.05, 0.1) is 6.61 Å². The van der Waals surface area contributed by atoms with Crippen molar-refractivity contribution in [3.05, 3.63) is 48.3 Å². The highest BCUT2D eigenvalue weighted by Crippen LogP contribution is 2.37. The summed E-state index contributed by atoms with van der Waals surface area (Å²) in [6, 6.07) is 13.0. The fourth-order valence-corrected chi connectivity index (χ4v) is 5.24. The summed E-state index contributed by atoms with van der Waals surface area (Å²) in [6.07, 6.45) is 22.3. The first-order valence-electron chi connectivity index (χ1n) is 14.0. The molecule has 1 aliphatic rings. The molecule has 2 aromatic rings. The summed E-state index contributed by atoms with van der Waals surface area (Å²) in [5, 5.41) is 0. The molecule has 33 heavy (non-hydrogen) atoms. The number of aromatic nitrogens is 1. The van der Waals surface area contributed by atoms with Crippen LogP contribution in [0.3, 0.4) is 0 Å². The Morgan fingerprint density at radius 1 is 0.697 bits per heavy atom. The summed E-state index contributed by atoms with van der Waals surface area (Å²) in [5.41, 5.74) is 3.71. The second kappa shape index (κ2) is 15.1. The second-order valence-electron chi connectivity index (χ2n) is 10.2. The molecular formula is C31H47NO. The van der Waals surface area contributed by atoms with Gasteiger partial charge in [0.15, 0.2) is 0 Å². The third-order valence-electron chi connectivity index (χ3n) is 7.47. The predicted octanol–water partition coefficient (Wildman–Crippen LogP) is 9.73. The molecule has 1 saturated carbocycles. The number of nitrogens with zero attached hydrogens (tertiary/aromatic N) is 1. The van der Waals surface area contributed by atoms with Gasteiger partial charge < -0.3 is 4.74 Å². The van der Waals surface area contributed by atoms with Crippen molar-refractivity contribution in [2.45, 2.75) is 116 Å². The highest BCUT2D eigenvalue weighted by Gasteiger charge is 2.22. The van der Waals surface area contributed by atoms with E-state index in [4.69, 9.17) is 9.72 Å². The Hall–Kier alpha value is -1.83. The van der Waals surface area contributed by atoms with E-state index in [-0.39, 0.29) is 0 Å². The second-order valence-corrected chi connectivity index (χ2v) is 10.2. The highest BCUT2D eigenvalue weighted by molar-refractivity contribution is 5.63. The van der Waals surface area contributed by atoms with Crippen molar-refractivity contribution in [2.24, 2.45) is 5.92 Å². The normalized spacial score (nSPS) is 18.4. The molecule has 0 N–H and O–H groups in total. The molecule has 0 atom stereocenters. The fraction of sp³-hybridized carbons (Fsp3) is 0.645. The van der Waals surface area contributed by atoms with Gasteiger partial charge in [-0.05, 0) is 61.8 Å². The topological polar surface area (TPSA) is 22.1 Å². The van der Waals surface area contributed by atoms with Crippen LogP contribution in [0, 0.1) is 5.92 Å². The van der Waals surface area contributed by atoms with Crippen LogP contribution in [-0.4, -0.2) is 11.6 Å². The molecule has 2 nitrogen and oxygen atoms in total. The van der Waals surface area contributed by atoms with E-state index in [1.165, 1.54) is 107 Å². The molecule has 0 amide bonds. The first-order valence-corrected chi connectivity index (χ1v) is 14.0. The Morgan fingerprint density at radius 3 is 2.00 bits per heavy atom. The number of hydrogen-bond donors (Lipinski definition) is 0. The monoisotopic (exact) mass is 449 g/mol. The summed E-state index contributed by atoms with van der Waals surface area (Å²) in [4.78, 5) is 4.87. The van der Waals surface area contributed by atoms with Crippen LogP contribution in [0.15, 0.2) is 42.6 Å². The van der Waals surface area contributed by atoms with Crippen molar-refractivity contribution in [1.29, 1.82) is 0 Å². The van der Waals surface area contributed by atoms with Gasteiger partial charge in [0, 0.05) is 23.4 Å². The van der Waals surface area contributed by atoms with E-state index in [0.29, 0.717) is 5.92 Å². The Kier molecular flexibility index (Phi) is 11.8. The zero-order chi connectivity index (χ0) is 23.1. The van der Waals surface area contributed by atoms with Crippen molar-refractivity contribution >= 4 is 0 Å². The van der Waals surface area contributed by atoms with Crippen LogP contribution >= 0.6 is 0 Å². The number of hydrogen-bond acceptors (Lipinski definition) is 2. The number of benzene rings is 1. The van der Waals surface area contributed by atoms with Gasteiger partial charge in [0.2, 0.25) is 0 Å². The average molecular weight is 450 g/mol. The molecule has 2 heteroatoms. The molecule has 1 aromatic carbocycles. The molecule has 1 fully saturated rings. The Labute approximate surface area is 203 Å². The van der Waals surface area contributed by atoms with Gasteiger partial charge >= 0.3 is 0 Å². The minimum absolute atomic E-state index is 0.656. The van der Waals surface area contributed by atoms with Crippen LogP contribution in [0.5, 0.6) is 5.75 Å². The quantitative estimate of drug-likeness (QED) is 0.252. The first kappa shape index (κ1) is 25.8. The molecule has 0 unspecified atom stereocenters. The summed E-state index contributed by atoms with van der Waals surface area (Å²) >= 11 is 0. The maximum Gasteiger partial charge on any atom is 0.119 e. The predicted molar refractivity (Wildman–Crippen MR) is 142 cm³/mol. The summed E-state index contributed by atoms with van der Waals surface area (Å²) in [7, 11) is 0. The molecule has 1 heterocycles. The zero-order valence-electron chi connectivity index (χ0n) is 21.4. The van der Waals surface area contributed by atoms with Crippen molar-refractivity contribution in [2.75, 3.05) is 6.61 Å². The third kappa shape index (κ3) is 9.14. The zero-order valence-corrected chi connectivity index (χ0v) is 21.4. The SMILES string of the molecule is CCCCCCCCOc1ccc(-c2ccc([C@H]3CC[C@H](CCCCCC)CC3)nc2)cc1. The van der Waals surface area contributed by atoms with Crippen molar-refractivity contribution in [1.82, 2.24) is 4.98 Å². The molecule has 1 aromatic heterocycles. The molecule has 1 aliphatic carbocycles. The van der Waals surface area contributed by atoms with Crippen LogP contribution in [0.25, 0.3) is 11.1 Å². The van der Waals surface area contributed by atoms with Crippen LogP contribution < -0.4 is 4.74 Å². The minimum Gasteiger partial charge on any atom is -0.494 e. The molecule has 0 bridgehead atoms. The van der Waals surface area contributed by atoms with Crippen LogP contribution in [0.4, 0.5) is 0 Å². The van der Waals surface area contributed by atoms with Crippen molar-refractivity contribution in [3.63, 3.8) is 0 Å². The van der Waals surface area contributed by atoms with Gasteiger partial charge in [-0.15, -0.1) is 0 Å². The molecular weight excluding hydrogens is 402 g/mol. The van der Waals surface area contributed by atoms with E-state index in [9.17, 15) is 0 Å². The lowest BCUT2D eigenvalue weighted by Gasteiger charge is -2.28. The van der Waals surface area contributed by atoms with E-state index in [1.807, 2.05) is 0 Å². The summed E-state index contributed by atoms with van der Waals surface area (Å²) in [5.74, 6) is 2.59. The van der Waals surface area contributed by atoms with E-state index < -0.39 is 0 Å². The maximum atomic E-state index is 5.93. The maximum absolute atomic E-state index is 5.93. The highest BCUT2D eigenvalue weighted by atomic mass is 16.5. The smallest absolute Gasteiger partial charge is 0.119 e. The molecule has 0 radical (unpaired) electrons. The molecule has 3 rings (SSSR count). The van der Waals surface area contributed by atoms with Gasteiger partial charge in [-0.2, -0.15) is 0 Å². The standard InChI is InChI=1S/C31H47NO/c1-3-5-7-9-10-12-24-33-30-21-18-27(19-22-30)29-20-23-31(32-25-29)28-16-14-26(15-17-28)13-11-8-6-4-2/h18-23,25-26,28H,3-17,24H2,1-2H3/t26-,28-. The molecule has 182 valence electrons.